The molecule has 0 unspecified atom stereocenters. The molecule has 2 aromatic carbocycles. The van der Waals surface area contributed by atoms with Crippen LogP contribution in [0.25, 0.3) is 0 Å². The molecule has 1 amide bonds. The van der Waals surface area contributed by atoms with E-state index < -0.39 is 5.54 Å². The summed E-state index contributed by atoms with van der Waals surface area (Å²) in [4.78, 5) is 20.9. The van der Waals surface area contributed by atoms with Gasteiger partial charge in [0.15, 0.2) is 11.5 Å². The van der Waals surface area contributed by atoms with Gasteiger partial charge in [-0.25, -0.2) is 4.99 Å². The molecule has 1 fully saturated rings. The van der Waals surface area contributed by atoms with E-state index in [1.165, 1.54) is 0 Å². The Kier molecular flexibility index (Phi) is 10.7. The van der Waals surface area contributed by atoms with Crippen molar-refractivity contribution < 1.29 is 23.7 Å². The second-order valence-corrected chi connectivity index (χ2v) is 11.5. The van der Waals surface area contributed by atoms with Crippen LogP contribution in [0.5, 0.6) is 17.2 Å². The third kappa shape index (κ3) is 7.58. The van der Waals surface area contributed by atoms with Crippen molar-refractivity contribution in [2.24, 2.45) is 4.99 Å². The minimum Gasteiger partial charge on any atom is -0.496 e. The monoisotopic (exact) mass is 570 g/mol. The van der Waals surface area contributed by atoms with E-state index in [9.17, 15) is 4.79 Å². The lowest BCUT2D eigenvalue weighted by Gasteiger charge is -2.42. The minimum absolute atomic E-state index is 0.0431. The topological polar surface area (TPSA) is 69.6 Å². The van der Waals surface area contributed by atoms with Gasteiger partial charge in [-0.05, 0) is 108 Å². The van der Waals surface area contributed by atoms with E-state index >= 15 is 0 Å². The Morgan fingerprint density at radius 1 is 1.10 bits per heavy atom. The number of nitrogens with zero attached hydrogens (tertiary/aromatic N) is 2. The number of rotatable bonds is 10. The molecule has 40 heavy (non-hydrogen) atoms. The summed E-state index contributed by atoms with van der Waals surface area (Å²) in [5.41, 5.74) is 4.51. The lowest BCUT2D eigenvalue weighted by atomic mass is 9.97. The summed E-state index contributed by atoms with van der Waals surface area (Å²) in [6.45, 7) is 15.4. The van der Waals surface area contributed by atoms with Crippen LogP contribution in [0.2, 0.25) is 5.02 Å². The van der Waals surface area contributed by atoms with Crippen LogP contribution in [-0.2, 0) is 16.0 Å². The van der Waals surface area contributed by atoms with E-state index in [0.29, 0.717) is 60.5 Å². The SMILES string of the molecule is COc1cc(CC/C(C)=C(/N=C(C)c2cc(Cl)ccc2OC)C(=O)N2CCOCC2(C)C)c(C)cc1OC(C)C. The molecule has 1 heterocycles. The van der Waals surface area contributed by atoms with Crippen LogP contribution in [0.4, 0.5) is 0 Å². The quantitative estimate of drug-likeness (QED) is 0.232. The number of ether oxygens (including phenoxy) is 4. The number of aliphatic imine (C=N–C) groups is 1. The van der Waals surface area contributed by atoms with Gasteiger partial charge in [-0.1, -0.05) is 11.6 Å². The summed E-state index contributed by atoms with van der Waals surface area (Å²) in [5, 5.41) is 0.572. The molecule has 0 saturated carbocycles. The van der Waals surface area contributed by atoms with Crippen LogP contribution in [0.3, 0.4) is 0 Å². The van der Waals surface area contributed by atoms with Crippen LogP contribution in [0.1, 0.15) is 64.7 Å². The highest BCUT2D eigenvalue weighted by molar-refractivity contribution is 6.31. The Hall–Kier alpha value is -3.03. The molecule has 2 aromatic rings. The Labute approximate surface area is 244 Å². The van der Waals surface area contributed by atoms with E-state index in [1.54, 1.807) is 20.3 Å². The van der Waals surface area contributed by atoms with Gasteiger partial charge >= 0.3 is 0 Å². The molecule has 0 aromatic heterocycles. The molecule has 0 bridgehead atoms. The number of carbonyl (C=O) groups excluding carboxylic acids is 1. The maximum atomic E-state index is 14.1. The number of methoxy groups -OCH3 is 2. The Bertz CT molecular complexity index is 1280. The number of benzene rings is 2. The predicted octanol–water partition coefficient (Wildman–Crippen LogP) is 6.81. The summed E-state index contributed by atoms with van der Waals surface area (Å²) < 4.78 is 22.8. The number of hydrogen-bond acceptors (Lipinski definition) is 6. The number of aryl methyl sites for hydroxylation is 2. The van der Waals surface area contributed by atoms with Crippen molar-refractivity contribution in [3.05, 3.63) is 63.3 Å². The van der Waals surface area contributed by atoms with Crippen molar-refractivity contribution in [2.75, 3.05) is 34.0 Å². The first-order valence-corrected chi connectivity index (χ1v) is 14.1. The zero-order valence-corrected chi connectivity index (χ0v) is 26.1. The highest BCUT2D eigenvalue weighted by Crippen LogP contribution is 2.33. The number of allylic oxidation sites excluding steroid dienone is 1. The van der Waals surface area contributed by atoms with Gasteiger partial charge in [-0.15, -0.1) is 0 Å². The molecule has 0 N–H and O–H groups in total. The number of amides is 1. The summed E-state index contributed by atoms with van der Waals surface area (Å²) in [6, 6.07) is 9.44. The van der Waals surface area contributed by atoms with E-state index in [2.05, 4.69) is 6.92 Å². The average molecular weight is 571 g/mol. The van der Waals surface area contributed by atoms with Crippen LogP contribution in [0, 0.1) is 6.92 Å². The standard InChI is InChI=1S/C32H43ClN2O5/c1-20(2)40-29-16-22(4)24(17-28(29)38-9)11-10-21(3)30(31(36)35-14-15-39-19-32(35,6)7)34-23(5)26-18-25(33)12-13-27(26)37-8/h12-13,16-18,20H,10-11,14-15,19H2,1-9H3/b30-21+,34-23?. The zero-order valence-electron chi connectivity index (χ0n) is 25.3. The molecule has 0 radical (unpaired) electrons. The molecule has 0 spiro atoms. The molecular formula is C32H43ClN2O5. The van der Waals surface area contributed by atoms with Crippen LogP contribution >= 0.6 is 11.6 Å². The van der Waals surface area contributed by atoms with E-state index in [-0.39, 0.29) is 12.0 Å². The fourth-order valence-corrected chi connectivity index (χ4v) is 4.97. The van der Waals surface area contributed by atoms with E-state index in [1.807, 2.05) is 70.7 Å². The second-order valence-electron chi connectivity index (χ2n) is 11.1. The van der Waals surface area contributed by atoms with Gasteiger partial charge in [0.1, 0.15) is 11.4 Å². The molecule has 1 saturated heterocycles. The highest BCUT2D eigenvalue weighted by atomic mass is 35.5. The molecule has 218 valence electrons. The van der Waals surface area contributed by atoms with Crippen LogP contribution in [0.15, 0.2) is 46.6 Å². The predicted molar refractivity (Wildman–Crippen MR) is 161 cm³/mol. The Balaban J connectivity index is 2.03. The first-order chi connectivity index (χ1) is 18.9. The van der Waals surface area contributed by atoms with Crippen molar-refractivity contribution in [3.63, 3.8) is 0 Å². The normalized spacial score (nSPS) is 16.1. The Morgan fingerprint density at radius 3 is 2.42 bits per heavy atom. The van der Waals surface area contributed by atoms with Gasteiger partial charge < -0.3 is 23.8 Å². The van der Waals surface area contributed by atoms with E-state index in [0.717, 1.165) is 28.0 Å². The molecule has 1 aliphatic rings. The highest BCUT2D eigenvalue weighted by Gasteiger charge is 2.36. The van der Waals surface area contributed by atoms with Crippen LogP contribution in [-0.4, -0.2) is 62.1 Å². The van der Waals surface area contributed by atoms with Crippen molar-refractivity contribution in [3.8, 4) is 17.2 Å². The Morgan fingerprint density at radius 2 is 1.80 bits per heavy atom. The lowest BCUT2D eigenvalue weighted by molar-refractivity contribution is -0.142. The first kappa shape index (κ1) is 31.5. The maximum absolute atomic E-state index is 14.1. The van der Waals surface area contributed by atoms with Crippen molar-refractivity contribution in [2.45, 2.75) is 73.0 Å². The number of carbonyl (C=O) groups is 1. The third-order valence-electron chi connectivity index (χ3n) is 7.08. The van der Waals surface area contributed by atoms with Gasteiger partial charge in [-0.3, -0.25) is 4.79 Å². The smallest absolute Gasteiger partial charge is 0.273 e. The number of hydrogen-bond donors (Lipinski definition) is 0. The second kappa shape index (κ2) is 13.6. The minimum atomic E-state index is -0.450. The van der Waals surface area contributed by atoms with E-state index in [4.69, 9.17) is 35.5 Å². The molecular weight excluding hydrogens is 528 g/mol. The van der Waals surface area contributed by atoms with Crippen LogP contribution < -0.4 is 14.2 Å². The van der Waals surface area contributed by atoms with Gasteiger partial charge in [0.2, 0.25) is 0 Å². The first-order valence-electron chi connectivity index (χ1n) is 13.7. The van der Waals surface area contributed by atoms with Gasteiger partial charge in [0.25, 0.3) is 5.91 Å². The van der Waals surface area contributed by atoms with Crippen molar-refractivity contribution in [1.82, 2.24) is 4.90 Å². The molecule has 3 rings (SSSR count). The zero-order chi connectivity index (χ0) is 29.6. The summed E-state index contributed by atoms with van der Waals surface area (Å²) >= 11 is 6.30. The number of morpholine rings is 1. The fourth-order valence-electron chi connectivity index (χ4n) is 4.80. The summed E-state index contributed by atoms with van der Waals surface area (Å²) in [7, 11) is 3.26. The fraction of sp³-hybridized carbons (Fsp3) is 0.500. The summed E-state index contributed by atoms with van der Waals surface area (Å²) in [6.07, 6.45) is 1.40. The lowest BCUT2D eigenvalue weighted by Crippen LogP contribution is -2.55. The maximum Gasteiger partial charge on any atom is 0.273 e. The molecule has 1 aliphatic heterocycles. The van der Waals surface area contributed by atoms with Crippen molar-refractivity contribution >= 4 is 23.2 Å². The number of halogens is 1. The van der Waals surface area contributed by atoms with Gasteiger partial charge in [-0.2, -0.15) is 0 Å². The van der Waals surface area contributed by atoms with Gasteiger partial charge in [0, 0.05) is 22.8 Å². The average Bonchev–Trinajstić information content (AvgIpc) is 2.90. The largest absolute Gasteiger partial charge is 0.496 e. The molecule has 8 heteroatoms. The molecule has 0 aliphatic carbocycles. The van der Waals surface area contributed by atoms with Gasteiger partial charge in [0.05, 0.1) is 39.1 Å². The molecule has 0 atom stereocenters. The molecule has 7 nitrogen and oxygen atoms in total. The third-order valence-corrected chi connectivity index (χ3v) is 7.32. The summed E-state index contributed by atoms with van der Waals surface area (Å²) in [5.74, 6) is 1.96. The van der Waals surface area contributed by atoms with Crippen molar-refractivity contribution in [1.29, 1.82) is 0 Å².